The van der Waals surface area contributed by atoms with Crippen molar-refractivity contribution in [2.24, 2.45) is 0 Å². The van der Waals surface area contributed by atoms with E-state index >= 15 is 0 Å². The van der Waals surface area contributed by atoms with Crippen LogP contribution in [0.3, 0.4) is 0 Å². The summed E-state index contributed by atoms with van der Waals surface area (Å²) in [6.45, 7) is 8.49. The van der Waals surface area contributed by atoms with Crippen LogP contribution >= 0.6 is 0 Å². The lowest BCUT2D eigenvalue weighted by atomic mass is 10.2. The zero-order chi connectivity index (χ0) is 17.6. The highest BCUT2D eigenvalue weighted by molar-refractivity contribution is 5.95. The van der Waals surface area contributed by atoms with E-state index in [1.165, 1.54) is 0 Å². The average Bonchev–Trinajstić information content (AvgIpc) is 3.31. The van der Waals surface area contributed by atoms with Gasteiger partial charge in [0.2, 0.25) is 0 Å². The topological polar surface area (TPSA) is 69.1 Å². The summed E-state index contributed by atoms with van der Waals surface area (Å²) < 4.78 is 9.63. The molecule has 3 aromatic heterocycles. The fourth-order valence-corrected chi connectivity index (χ4v) is 3.47. The van der Waals surface area contributed by atoms with Gasteiger partial charge in [-0.3, -0.25) is 4.79 Å². The number of aromatic nitrogens is 4. The highest BCUT2D eigenvalue weighted by Crippen LogP contribution is 2.21. The van der Waals surface area contributed by atoms with E-state index < -0.39 is 0 Å². The Kier molecular flexibility index (Phi) is 3.71. The summed E-state index contributed by atoms with van der Waals surface area (Å²) in [6.07, 6.45) is 1.67. The minimum absolute atomic E-state index is 0.0469. The van der Waals surface area contributed by atoms with Crippen LogP contribution < -0.4 is 0 Å². The van der Waals surface area contributed by atoms with Crippen LogP contribution in [0.2, 0.25) is 0 Å². The molecule has 25 heavy (non-hydrogen) atoms. The van der Waals surface area contributed by atoms with Gasteiger partial charge < -0.3 is 18.5 Å². The number of carbonyl (C=O) groups is 1. The summed E-state index contributed by atoms with van der Waals surface area (Å²) in [4.78, 5) is 14.9. The van der Waals surface area contributed by atoms with Gasteiger partial charge in [-0.05, 0) is 39.0 Å². The van der Waals surface area contributed by atoms with Crippen LogP contribution in [0.1, 0.15) is 39.2 Å². The number of aryl methyl sites for hydroxylation is 2. The minimum Gasteiger partial charge on any atom is -0.467 e. The first-order valence-electron chi connectivity index (χ1n) is 8.41. The van der Waals surface area contributed by atoms with Gasteiger partial charge in [-0.1, -0.05) is 0 Å². The molecule has 0 aliphatic carbocycles. The Morgan fingerprint density at radius 3 is 2.84 bits per heavy atom. The van der Waals surface area contributed by atoms with Crippen molar-refractivity contribution in [1.82, 2.24) is 24.2 Å². The summed E-state index contributed by atoms with van der Waals surface area (Å²) in [6, 6.07) is 5.78. The van der Waals surface area contributed by atoms with Gasteiger partial charge in [0.1, 0.15) is 11.6 Å². The SMILES string of the molecule is Cc1cc(C(=O)N2CCn3c(C)nnc3C2)c(C)n1Cc1ccco1. The van der Waals surface area contributed by atoms with Crippen LogP contribution in [0, 0.1) is 20.8 Å². The first-order valence-corrected chi connectivity index (χ1v) is 8.41. The van der Waals surface area contributed by atoms with Crippen LogP contribution in [0.5, 0.6) is 0 Å². The summed E-state index contributed by atoms with van der Waals surface area (Å²) in [5.74, 6) is 2.67. The van der Waals surface area contributed by atoms with Crippen molar-refractivity contribution in [2.75, 3.05) is 6.54 Å². The number of furan rings is 1. The standard InChI is InChI=1S/C18H21N5O2/c1-12-9-16(13(2)23(12)10-15-5-4-8-25-15)18(24)21-6-7-22-14(3)19-20-17(22)11-21/h4-5,8-9H,6-7,10-11H2,1-3H3. The average molecular weight is 339 g/mol. The minimum atomic E-state index is 0.0469. The number of hydrogen-bond acceptors (Lipinski definition) is 4. The predicted octanol–water partition coefficient (Wildman–Crippen LogP) is 2.30. The third kappa shape index (κ3) is 2.65. The Morgan fingerprint density at radius 2 is 2.08 bits per heavy atom. The van der Waals surface area contributed by atoms with Crippen molar-refractivity contribution in [1.29, 1.82) is 0 Å². The second-order valence-corrected chi connectivity index (χ2v) is 6.49. The summed E-state index contributed by atoms with van der Waals surface area (Å²) in [5.41, 5.74) is 2.75. The zero-order valence-electron chi connectivity index (χ0n) is 14.7. The molecule has 1 amide bonds. The third-order valence-corrected chi connectivity index (χ3v) is 4.92. The Morgan fingerprint density at radius 1 is 1.24 bits per heavy atom. The predicted molar refractivity (Wildman–Crippen MR) is 91.2 cm³/mol. The molecule has 0 saturated heterocycles. The zero-order valence-corrected chi connectivity index (χ0v) is 14.7. The fourth-order valence-electron chi connectivity index (χ4n) is 3.47. The number of rotatable bonds is 3. The van der Waals surface area contributed by atoms with Crippen LogP contribution in [-0.2, 0) is 19.6 Å². The van der Waals surface area contributed by atoms with Gasteiger partial charge in [-0.2, -0.15) is 0 Å². The Labute approximate surface area is 145 Å². The molecule has 0 radical (unpaired) electrons. The lowest BCUT2D eigenvalue weighted by Crippen LogP contribution is -2.38. The third-order valence-electron chi connectivity index (χ3n) is 4.92. The number of nitrogens with zero attached hydrogens (tertiary/aromatic N) is 5. The molecule has 4 heterocycles. The smallest absolute Gasteiger partial charge is 0.256 e. The monoisotopic (exact) mass is 339 g/mol. The molecule has 7 heteroatoms. The molecular formula is C18H21N5O2. The maximum Gasteiger partial charge on any atom is 0.256 e. The van der Waals surface area contributed by atoms with Gasteiger partial charge in [0.15, 0.2) is 5.82 Å². The molecule has 0 saturated carbocycles. The number of carbonyl (C=O) groups excluding carboxylic acids is 1. The summed E-state index contributed by atoms with van der Waals surface area (Å²) >= 11 is 0. The van der Waals surface area contributed by atoms with Gasteiger partial charge in [-0.15, -0.1) is 10.2 Å². The van der Waals surface area contributed by atoms with E-state index in [4.69, 9.17) is 4.42 Å². The molecule has 0 N–H and O–H groups in total. The van der Waals surface area contributed by atoms with Crippen LogP contribution in [0.15, 0.2) is 28.9 Å². The maximum absolute atomic E-state index is 13.0. The summed E-state index contributed by atoms with van der Waals surface area (Å²) in [7, 11) is 0. The van der Waals surface area contributed by atoms with Crippen molar-refractivity contribution in [3.63, 3.8) is 0 Å². The van der Waals surface area contributed by atoms with E-state index in [1.807, 2.05) is 43.9 Å². The Hall–Kier alpha value is -2.83. The molecular weight excluding hydrogens is 318 g/mol. The highest BCUT2D eigenvalue weighted by atomic mass is 16.3. The van der Waals surface area contributed by atoms with Gasteiger partial charge in [0.05, 0.1) is 24.9 Å². The molecule has 0 spiro atoms. The lowest BCUT2D eigenvalue weighted by Gasteiger charge is -2.27. The molecule has 7 nitrogen and oxygen atoms in total. The van der Waals surface area contributed by atoms with Crippen molar-refractivity contribution >= 4 is 5.91 Å². The van der Waals surface area contributed by atoms with Gasteiger partial charge in [0.25, 0.3) is 5.91 Å². The molecule has 0 fully saturated rings. The molecule has 3 aromatic rings. The van der Waals surface area contributed by atoms with E-state index in [0.717, 1.165) is 40.9 Å². The lowest BCUT2D eigenvalue weighted by molar-refractivity contribution is 0.0706. The van der Waals surface area contributed by atoms with E-state index in [2.05, 4.69) is 19.3 Å². The second kappa shape index (κ2) is 5.91. The van der Waals surface area contributed by atoms with Crippen LogP contribution in [0.4, 0.5) is 0 Å². The number of fused-ring (bicyclic) bond motifs is 1. The Balaban J connectivity index is 1.59. The normalized spacial score (nSPS) is 14.0. The van der Waals surface area contributed by atoms with Crippen molar-refractivity contribution in [3.8, 4) is 0 Å². The van der Waals surface area contributed by atoms with Gasteiger partial charge in [-0.25, -0.2) is 0 Å². The van der Waals surface area contributed by atoms with E-state index in [0.29, 0.717) is 19.6 Å². The second-order valence-electron chi connectivity index (χ2n) is 6.49. The van der Waals surface area contributed by atoms with Gasteiger partial charge in [0, 0.05) is 24.5 Å². The van der Waals surface area contributed by atoms with Gasteiger partial charge >= 0.3 is 0 Å². The number of amides is 1. The first kappa shape index (κ1) is 15.7. The summed E-state index contributed by atoms with van der Waals surface area (Å²) in [5, 5.41) is 8.28. The van der Waals surface area contributed by atoms with Crippen LogP contribution in [0.25, 0.3) is 0 Å². The maximum atomic E-state index is 13.0. The van der Waals surface area contributed by atoms with Crippen molar-refractivity contribution < 1.29 is 9.21 Å². The molecule has 1 aliphatic heterocycles. The van der Waals surface area contributed by atoms with E-state index in [-0.39, 0.29) is 5.91 Å². The first-order chi connectivity index (χ1) is 12.0. The molecule has 1 aliphatic rings. The molecule has 130 valence electrons. The largest absolute Gasteiger partial charge is 0.467 e. The van der Waals surface area contributed by atoms with Crippen molar-refractivity contribution in [2.45, 2.75) is 40.4 Å². The van der Waals surface area contributed by atoms with Crippen LogP contribution in [-0.4, -0.2) is 36.7 Å². The van der Waals surface area contributed by atoms with Crippen molar-refractivity contribution in [3.05, 3.63) is 58.8 Å². The quantitative estimate of drug-likeness (QED) is 0.734. The molecule has 0 bridgehead atoms. The fraction of sp³-hybridized carbons (Fsp3) is 0.389. The highest BCUT2D eigenvalue weighted by Gasteiger charge is 2.26. The molecule has 0 aromatic carbocycles. The molecule has 0 atom stereocenters. The van der Waals surface area contributed by atoms with E-state index in [9.17, 15) is 4.79 Å². The number of hydrogen-bond donors (Lipinski definition) is 0. The molecule has 0 unspecified atom stereocenters. The molecule has 4 rings (SSSR count). The van der Waals surface area contributed by atoms with E-state index in [1.54, 1.807) is 6.26 Å². The Bertz CT molecular complexity index is 920.